The smallest absolute Gasteiger partial charge is 0.254 e. The maximum atomic E-state index is 13.5. The molecule has 32 heavy (non-hydrogen) atoms. The number of aromatic nitrogens is 2. The highest BCUT2D eigenvalue weighted by Gasteiger charge is 2.55. The Morgan fingerprint density at radius 3 is 2.59 bits per heavy atom. The summed E-state index contributed by atoms with van der Waals surface area (Å²) in [5, 5.41) is 17.6. The van der Waals surface area contributed by atoms with Crippen LogP contribution in [-0.2, 0) is 4.74 Å². The van der Waals surface area contributed by atoms with E-state index in [-0.39, 0.29) is 18.1 Å². The molecule has 1 saturated heterocycles. The third-order valence-corrected chi connectivity index (χ3v) is 8.86. The van der Waals surface area contributed by atoms with Gasteiger partial charge in [0.25, 0.3) is 5.91 Å². The second-order valence-electron chi connectivity index (χ2n) is 11.2. The van der Waals surface area contributed by atoms with Crippen molar-refractivity contribution in [3.05, 3.63) is 17.5 Å². The number of hydrogen-bond donors (Lipinski definition) is 3. The van der Waals surface area contributed by atoms with Gasteiger partial charge in [0.05, 0.1) is 23.0 Å². The summed E-state index contributed by atoms with van der Waals surface area (Å²) in [6, 6.07) is 0.174. The van der Waals surface area contributed by atoms with Crippen LogP contribution in [0.2, 0.25) is 0 Å². The highest BCUT2D eigenvalue weighted by atomic mass is 16.5. The fraction of sp³-hybridized carbons (Fsp3) is 0.800. The summed E-state index contributed by atoms with van der Waals surface area (Å²) in [6.07, 6.45) is 13.6. The molecule has 7 rings (SSSR count). The van der Waals surface area contributed by atoms with Crippen molar-refractivity contribution in [1.82, 2.24) is 15.3 Å². The number of amides is 1. The van der Waals surface area contributed by atoms with Gasteiger partial charge in [-0.2, -0.15) is 0 Å². The van der Waals surface area contributed by atoms with Gasteiger partial charge in [0, 0.05) is 31.3 Å². The van der Waals surface area contributed by atoms with Crippen molar-refractivity contribution in [3.63, 3.8) is 0 Å². The van der Waals surface area contributed by atoms with Gasteiger partial charge >= 0.3 is 0 Å². The minimum absolute atomic E-state index is 0.0259. The Labute approximate surface area is 190 Å². The monoisotopic (exact) mass is 440 g/mol. The number of anilines is 1. The summed E-state index contributed by atoms with van der Waals surface area (Å²) in [5.41, 5.74) is 1.08. The zero-order chi connectivity index (χ0) is 21.7. The van der Waals surface area contributed by atoms with Crippen LogP contribution in [0.3, 0.4) is 0 Å². The molecule has 0 aromatic carbocycles. The van der Waals surface area contributed by atoms with Gasteiger partial charge in [-0.1, -0.05) is 12.8 Å². The molecule has 7 nitrogen and oxygen atoms in total. The Balaban J connectivity index is 1.19. The number of rotatable bonds is 6. The van der Waals surface area contributed by atoms with Crippen LogP contribution in [0.15, 0.2) is 6.20 Å². The molecule has 1 amide bonds. The van der Waals surface area contributed by atoms with Crippen LogP contribution in [0.5, 0.6) is 0 Å². The standard InChI is InChI=1S/C25H36N4O3/c30-23(28-21-17-8-15-9-18(21)12-25(31,10-15)11-17)20-14-27-24(26-13-19-6-3-7-32-19)29-22(20)16-4-1-2-5-16/h14-19,21,31H,1-13H2,(H,28,30)(H,26,27,29)/t15?,17-,18+,19-,21?,25?/m1/s1. The SMILES string of the molecule is O=C(NC1[C@@H]2CC3C[C@H]1CC(O)(C3)C2)c1cnc(NC[C@H]2CCCO2)nc1C1CCCC1. The molecule has 2 heterocycles. The van der Waals surface area contributed by atoms with E-state index in [4.69, 9.17) is 9.72 Å². The van der Waals surface area contributed by atoms with Crippen molar-refractivity contribution in [2.45, 2.75) is 94.3 Å². The van der Waals surface area contributed by atoms with Gasteiger partial charge in [-0.15, -0.1) is 0 Å². The molecule has 6 atom stereocenters. The summed E-state index contributed by atoms with van der Waals surface area (Å²) < 4.78 is 5.71. The van der Waals surface area contributed by atoms with E-state index in [0.717, 1.165) is 70.1 Å². The zero-order valence-corrected chi connectivity index (χ0v) is 18.9. The summed E-state index contributed by atoms with van der Waals surface area (Å²) in [4.78, 5) is 22.8. The highest BCUT2D eigenvalue weighted by molar-refractivity contribution is 5.95. The Hall–Kier alpha value is -1.73. The van der Waals surface area contributed by atoms with Crippen LogP contribution in [0.1, 0.15) is 92.6 Å². The summed E-state index contributed by atoms with van der Waals surface area (Å²) in [5.74, 6) is 2.35. The maximum absolute atomic E-state index is 13.5. The third-order valence-electron chi connectivity index (χ3n) is 8.86. The van der Waals surface area contributed by atoms with E-state index < -0.39 is 5.60 Å². The number of ether oxygens (including phenoxy) is 1. The number of carbonyl (C=O) groups excluding carboxylic acids is 1. The normalized spacial score (nSPS) is 38.3. The lowest BCUT2D eigenvalue weighted by molar-refractivity contribution is -0.136. The fourth-order valence-electron chi connectivity index (χ4n) is 7.62. The second-order valence-corrected chi connectivity index (χ2v) is 11.2. The van der Waals surface area contributed by atoms with E-state index in [9.17, 15) is 9.90 Å². The van der Waals surface area contributed by atoms with Crippen molar-refractivity contribution in [1.29, 1.82) is 0 Å². The van der Waals surface area contributed by atoms with Gasteiger partial charge in [0.2, 0.25) is 5.95 Å². The lowest BCUT2D eigenvalue weighted by atomic mass is 9.52. The quantitative estimate of drug-likeness (QED) is 0.627. The molecule has 5 saturated carbocycles. The van der Waals surface area contributed by atoms with Crippen LogP contribution >= 0.6 is 0 Å². The van der Waals surface area contributed by atoms with Crippen LogP contribution in [0.4, 0.5) is 5.95 Å². The van der Waals surface area contributed by atoms with Crippen LogP contribution < -0.4 is 10.6 Å². The number of nitrogens with zero attached hydrogens (tertiary/aromatic N) is 2. The van der Waals surface area contributed by atoms with Gasteiger partial charge in [-0.25, -0.2) is 9.97 Å². The first-order valence-electron chi connectivity index (χ1n) is 12.8. The zero-order valence-electron chi connectivity index (χ0n) is 18.9. The Bertz CT molecular complexity index is 849. The first kappa shape index (κ1) is 20.8. The molecule has 174 valence electrons. The lowest BCUT2D eigenvalue weighted by Crippen LogP contribution is -2.61. The highest BCUT2D eigenvalue weighted by Crippen LogP contribution is 2.55. The van der Waals surface area contributed by atoms with E-state index >= 15 is 0 Å². The molecule has 6 fully saturated rings. The molecule has 1 aliphatic heterocycles. The van der Waals surface area contributed by atoms with E-state index in [1.54, 1.807) is 6.20 Å². The summed E-state index contributed by atoms with van der Waals surface area (Å²) >= 11 is 0. The maximum Gasteiger partial charge on any atom is 0.254 e. The molecule has 3 N–H and O–H groups in total. The molecule has 3 unspecified atom stereocenters. The molecular weight excluding hydrogens is 404 g/mol. The predicted molar refractivity (Wildman–Crippen MR) is 120 cm³/mol. The van der Waals surface area contributed by atoms with Crippen LogP contribution in [-0.4, -0.2) is 51.9 Å². The summed E-state index contributed by atoms with van der Waals surface area (Å²) in [7, 11) is 0. The van der Waals surface area contributed by atoms with Gasteiger partial charge < -0.3 is 20.5 Å². The lowest BCUT2D eigenvalue weighted by Gasteiger charge is -2.58. The van der Waals surface area contributed by atoms with Crippen molar-refractivity contribution in [2.24, 2.45) is 17.8 Å². The van der Waals surface area contributed by atoms with E-state index in [1.807, 2.05) is 0 Å². The van der Waals surface area contributed by atoms with E-state index in [1.165, 1.54) is 12.8 Å². The number of nitrogens with one attached hydrogen (secondary N) is 2. The van der Waals surface area contributed by atoms with Crippen molar-refractivity contribution in [2.75, 3.05) is 18.5 Å². The number of carbonyl (C=O) groups is 1. The molecule has 5 aliphatic carbocycles. The minimum Gasteiger partial charge on any atom is -0.390 e. The molecule has 1 aromatic heterocycles. The largest absolute Gasteiger partial charge is 0.390 e. The molecular formula is C25H36N4O3. The van der Waals surface area contributed by atoms with Crippen LogP contribution in [0, 0.1) is 17.8 Å². The van der Waals surface area contributed by atoms with Gasteiger partial charge in [0.15, 0.2) is 0 Å². The van der Waals surface area contributed by atoms with Gasteiger partial charge in [0.1, 0.15) is 0 Å². The average Bonchev–Trinajstić information content (AvgIpc) is 3.48. The van der Waals surface area contributed by atoms with Crippen molar-refractivity contribution in [3.8, 4) is 0 Å². The Kier molecular flexibility index (Phi) is 5.37. The van der Waals surface area contributed by atoms with Gasteiger partial charge in [-0.05, 0) is 75.5 Å². The fourth-order valence-corrected chi connectivity index (χ4v) is 7.62. The van der Waals surface area contributed by atoms with E-state index in [2.05, 4.69) is 15.6 Å². The number of aliphatic hydroxyl groups is 1. The molecule has 6 aliphatic rings. The predicted octanol–water partition coefficient (Wildman–Crippen LogP) is 3.39. The Morgan fingerprint density at radius 1 is 1.12 bits per heavy atom. The Morgan fingerprint density at radius 2 is 1.91 bits per heavy atom. The topological polar surface area (TPSA) is 96.4 Å². The van der Waals surface area contributed by atoms with Crippen molar-refractivity contribution < 1.29 is 14.6 Å². The van der Waals surface area contributed by atoms with Gasteiger partial charge in [-0.3, -0.25) is 4.79 Å². The van der Waals surface area contributed by atoms with Crippen LogP contribution in [0.25, 0.3) is 0 Å². The molecule has 4 bridgehead atoms. The van der Waals surface area contributed by atoms with E-state index in [0.29, 0.717) is 41.7 Å². The minimum atomic E-state index is -0.480. The first-order valence-corrected chi connectivity index (χ1v) is 12.8. The molecule has 0 spiro atoms. The molecule has 7 heteroatoms. The first-order chi connectivity index (χ1) is 15.6. The molecule has 1 aromatic rings. The van der Waals surface area contributed by atoms with Crippen molar-refractivity contribution >= 4 is 11.9 Å². The number of hydrogen-bond acceptors (Lipinski definition) is 6. The summed E-state index contributed by atoms with van der Waals surface area (Å²) in [6.45, 7) is 1.55. The molecule has 0 radical (unpaired) electrons. The average molecular weight is 441 g/mol. The third kappa shape index (κ3) is 3.92. The second kappa shape index (κ2) is 8.24.